The number of ether oxygens (including phenoxy) is 1. The molecule has 0 aliphatic rings. The first-order chi connectivity index (χ1) is 6.13. The number of rotatable bonds is 3. The molecule has 0 unspecified atom stereocenters. The van der Waals surface area contributed by atoms with Gasteiger partial charge < -0.3 is 15.6 Å². The number of aliphatic carboxylic acids is 1. The summed E-state index contributed by atoms with van der Waals surface area (Å²) in [6.07, 6.45) is -0.0597. The minimum atomic E-state index is -0.892. The van der Waals surface area contributed by atoms with Gasteiger partial charge in [-0.15, -0.1) is 0 Å². The lowest BCUT2D eigenvalue weighted by molar-refractivity contribution is -0.136. The molecule has 0 atom stereocenters. The quantitative estimate of drug-likeness (QED) is 0.679. The molecule has 0 saturated carbocycles. The van der Waals surface area contributed by atoms with E-state index in [4.69, 9.17) is 15.6 Å². The molecule has 0 fully saturated rings. The highest BCUT2D eigenvalue weighted by atomic mass is 16.5. The van der Waals surface area contributed by atoms with Crippen molar-refractivity contribution in [2.45, 2.75) is 6.42 Å². The molecule has 1 aromatic carbocycles. The van der Waals surface area contributed by atoms with Crippen molar-refractivity contribution >= 4 is 11.7 Å². The number of carboxylic acids is 1. The monoisotopic (exact) mass is 181 g/mol. The van der Waals surface area contributed by atoms with Crippen LogP contribution in [0.15, 0.2) is 18.2 Å². The highest BCUT2D eigenvalue weighted by Crippen LogP contribution is 2.19. The van der Waals surface area contributed by atoms with Gasteiger partial charge in [-0.25, -0.2) is 0 Å². The Balaban J connectivity index is 2.91. The highest BCUT2D eigenvalue weighted by molar-refractivity contribution is 5.73. The van der Waals surface area contributed by atoms with E-state index in [-0.39, 0.29) is 6.42 Å². The maximum Gasteiger partial charge on any atom is 0.307 e. The van der Waals surface area contributed by atoms with E-state index in [2.05, 4.69) is 0 Å². The Kier molecular flexibility index (Phi) is 2.74. The third-order valence-corrected chi connectivity index (χ3v) is 1.69. The molecule has 0 bridgehead atoms. The number of hydrogen-bond acceptors (Lipinski definition) is 3. The van der Waals surface area contributed by atoms with Crippen LogP contribution in [-0.2, 0) is 11.2 Å². The van der Waals surface area contributed by atoms with Gasteiger partial charge in [-0.3, -0.25) is 4.79 Å². The van der Waals surface area contributed by atoms with Gasteiger partial charge in [0.1, 0.15) is 5.75 Å². The second kappa shape index (κ2) is 3.80. The van der Waals surface area contributed by atoms with Crippen molar-refractivity contribution in [1.82, 2.24) is 0 Å². The predicted molar refractivity (Wildman–Crippen MR) is 48.7 cm³/mol. The Morgan fingerprint density at radius 3 is 2.77 bits per heavy atom. The minimum Gasteiger partial charge on any atom is -0.497 e. The van der Waals surface area contributed by atoms with Crippen LogP contribution in [0.2, 0.25) is 0 Å². The average molecular weight is 181 g/mol. The lowest BCUT2D eigenvalue weighted by atomic mass is 10.1. The van der Waals surface area contributed by atoms with E-state index < -0.39 is 5.97 Å². The summed E-state index contributed by atoms with van der Waals surface area (Å²) in [7, 11) is 1.53. The van der Waals surface area contributed by atoms with Crippen molar-refractivity contribution in [1.29, 1.82) is 0 Å². The van der Waals surface area contributed by atoms with Gasteiger partial charge in [-0.05, 0) is 11.6 Å². The van der Waals surface area contributed by atoms with Crippen LogP contribution in [0.3, 0.4) is 0 Å². The Bertz CT molecular complexity index is 323. The van der Waals surface area contributed by atoms with Gasteiger partial charge in [0.05, 0.1) is 13.5 Å². The zero-order valence-corrected chi connectivity index (χ0v) is 7.28. The lowest BCUT2D eigenvalue weighted by Gasteiger charge is -2.05. The van der Waals surface area contributed by atoms with E-state index in [0.717, 1.165) is 0 Å². The molecular weight excluding hydrogens is 170 g/mol. The van der Waals surface area contributed by atoms with Crippen LogP contribution in [0.1, 0.15) is 5.56 Å². The van der Waals surface area contributed by atoms with Crippen LogP contribution >= 0.6 is 0 Å². The van der Waals surface area contributed by atoms with Gasteiger partial charge in [-0.2, -0.15) is 0 Å². The first-order valence-electron chi connectivity index (χ1n) is 3.77. The fourth-order valence-electron chi connectivity index (χ4n) is 1.02. The maximum absolute atomic E-state index is 10.4. The summed E-state index contributed by atoms with van der Waals surface area (Å²) in [4.78, 5) is 10.4. The van der Waals surface area contributed by atoms with E-state index >= 15 is 0 Å². The van der Waals surface area contributed by atoms with E-state index in [9.17, 15) is 4.79 Å². The molecule has 0 heterocycles. The number of benzene rings is 1. The summed E-state index contributed by atoms with van der Waals surface area (Å²) < 4.78 is 4.93. The third kappa shape index (κ3) is 2.37. The molecule has 1 aromatic rings. The van der Waals surface area contributed by atoms with Gasteiger partial charge in [0.15, 0.2) is 0 Å². The maximum atomic E-state index is 10.4. The van der Waals surface area contributed by atoms with E-state index in [1.807, 2.05) is 0 Å². The third-order valence-electron chi connectivity index (χ3n) is 1.69. The van der Waals surface area contributed by atoms with Crippen LogP contribution in [0.5, 0.6) is 5.75 Å². The molecule has 13 heavy (non-hydrogen) atoms. The van der Waals surface area contributed by atoms with Crippen molar-refractivity contribution in [3.8, 4) is 5.75 Å². The van der Waals surface area contributed by atoms with Crippen LogP contribution in [0.25, 0.3) is 0 Å². The molecule has 3 N–H and O–H groups in total. The molecule has 0 aliphatic heterocycles. The zero-order chi connectivity index (χ0) is 9.84. The van der Waals surface area contributed by atoms with E-state index in [1.165, 1.54) is 7.11 Å². The number of carbonyl (C=O) groups is 1. The topological polar surface area (TPSA) is 72.5 Å². The number of hydrogen-bond donors (Lipinski definition) is 2. The Morgan fingerprint density at radius 1 is 1.62 bits per heavy atom. The van der Waals surface area contributed by atoms with Crippen molar-refractivity contribution in [2.24, 2.45) is 0 Å². The van der Waals surface area contributed by atoms with Crippen LogP contribution in [-0.4, -0.2) is 18.2 Å². The first-order valence-corrected chi connectivity index (χ1v) is 3.77. The fourth-order valence-corrected chi connectivity index (χ4v) is 1.02. The second-order valence-corrected chi connectivity index (χ2v) is 2.64. The normalized spacial score (nSPS) is 9.62. The molecule has 4 nitrogen and oxygen atoms in total. The van der Waals surface area contributed by atoms with Crippen molar-refractivity contribution in [3.05, 3.63) is 23.8 Å². The zero-order valence-electron chi connectivity index (χ0n) is 7.28. The molecule has 0 radical (unpaired) electrons. The SMILES string of the molecule is COc1ccc(CC(=O)O)c(N)c1. The molecule has 4 heteroatoms. The molecule has 0 saturated heterocycles. The summed E-state index contributed by atoms with van der Waals surface area (Å²) in [5.74, 6) is -0.261. The Hall–Kier alpha value is -1.71. The Morgan fingerprint density at radius 2 is 2.31 bits per heavy atom. The van der Waals surface area contributed by atoms with Crippen molar-refractivity contribution in [3.63, 3.8) is 0 Å². The smallest absolute Gasteiger partial charge is 0.307 e. The first kappa shape index (κ1) is 9.38. The van der Waals surface area contributed by atoms with Crippen LogP contribution in [0.4, 0.5) is 5.69 Å². The number of anilines is 1. The minimum absolute atomic E-state index is 0.0597. The Labute approximate surface area is 75.9 Å². The summed E-state index contributed by atoms with van der Waals surface area (Å²) in [5, 5.41) is 8.53. The summed E-state index contributed by atoms with van der Waals surface area (Å²) in [6, 6.07) is 4.95. The molecule has 0 amide bonds. The van der Waals surface area contributed by atoms with Crippen molar-refractivity contribution in [2.75, 3.05) is 12.8 Å². The molecule has 70 valence electrons. The summed E-state index contributed by atoms with van der Waals surface area (Å²) in [6.45, 7) is 0. The van der Waals surface area contributed by atoms with Gasteiger partial charge in [-0.1, -0.05) is 6.07 Å². The van der Waals surface area contributed by atoms with Crippen molar-refractivity contribution < 1.29 is 14.6 Å². The highest BCUT2D eigenvalue weighted by Gasteiger charge is 2.05. The molecule has 0 spiro atoms. The van der Waals surface area contributed by atoms with E-state index in [0.29, 0.717) is 17.0 Å². The van der Waals surface area contributed by atoms with Gasteiger partial charge >= 0.3 is 5.97 Å². The molecular formula is C9H11NO3. The molecule has 0 aromatic heterocycles. The standard InChI is InChI=1S/C9H11NO3/c1-13-7-3-2-6(4-9(11)12)8(10)5-7/h2-3,5H,4,10H2,1H3,(H,11,12). The fraction of sp³-hybridized carbons (Fsp3) is 0.222. The van der Waals surface area contributed by atoms with Crippen LogP contribution < -0.4 is 10.5 Å². The van der Waals surface area contributed by atoms with Gasteiger partial charge in [0.25, 0.3) is 0 Å². The van der Waals surface area contributed by atoms with Crippen LogP contribution in [0, 0.1) is 0 Å². The molecule has 0 aliphatic carbocycles. The van der Waals surface area contributed by atoms with E-state index in [1.54, 1.807) is 18.2 Å². The average Bonchev–Trinajstić information content (AvgIpc) is 2.08. The lowest BCUT2D eigenvalue weighted by Crippen LogP contribution is -2.03. The summed E-state index contributed by atoms with van der Waals surface area (Å²) >= 11 is 0. The molecule has 1 rings (SSSR count). The predicted octanol–water partition coefficient (Wildman–Crippen LogP) is 0.905. The number of nitrogen functional groups attached to an aromatic ring is 1. The number of carboxylic acid groups (broad SMARTS) is 1. The van der Waals surface area contributed by atoms with Gasteiger partial charge in [0.2, 0.25) is 0 Å². The second-order valence-electron chi connectivity index (χ2n) is 2.64. The van der Waals surface area contributed by atoms with Gasteiger partial charge in [0, 0.05) is 11.8 Å². The summed E-state index contributed by atoms with van der Waals surface area (Å²) in [5.41, 5.74) is 6.65. The largest absolute Gasteiger partial charge is 0.497 e. The number of nitrogens with two attached hydrogens (primary N) is 1. The number of methoxy groups -OCH3 is 1.